The van der Waals surface area contributed by atoms with Crippen molar-refractivity contribution in [3.05, 3.63) is 0 Å². The number of amides is 1. The normalized spacial score (nSPS) is 35.3. The van der Waals surface area contributed by atoms with Gasteiger partial charge in [0.15, 0.2) is 0 Å². The molecule has 0 bridgehead atoms. The summed E-state index contributed by atoms with van der Waals surface area (Å²) >= 11 is 0. The molecule has 2 fully saturated rings. The van der Waals surface area contributed by atoms with E-state index in [-0.39, 0.29) is 24.0 Å². The van der Waals surface area contributed by atoms with Crippen molar-refractivity contribution in [2.45, 2.75) is 51.5 Å². The fraction of sp³-hybridized carbons (Fsp3) is 0.923. The van der Waals surface area contributed by atoms with Crippen LogP contribution in [0.2, 0.25) is 0 Å². The van der Waals surface area contributed by atoms with E-state index in [0.29, 0.717) is 6.42 Å². The Hall–Kier alpha value is -0.570. The summed E-state index contributed by atoms with van der Waals surface area (Å²) in [5.41, 5.74) is -0.224. The third-order valence-corrected chi connectivity index (χ3v) is 4.48. The number of fused-ring (bicyclic) bond motifs is 1. The molecule has 0 aliphatic heterocycles. The van der Waals surface area contributed by atoms with Gasteiger partial charge in [0.05, 0.1) is 0 Å². The molecular formula is C13H23NO2. The van der Waals surface area contributed by atoms with Gasteiger partial charge in [-0.1, -0.05) is 6.92 Å². The van der Waals surface area contributed by atoms with E-state index in [1.807, 2.05) is 6.92 Å². The molecule has 2 N–H and O–H groups in total. The van der Waals surface area contributed by atoms with E-state index >= 15 is 0 Å². The van der Waals surface area contributed by atoms with Crippen LogP contribution in [-0.2, 0) is 4.79 Å². The van der Waals surface area contributed by atoms with Gasteiger partial charge in [-0.15, -0.1) is 0 Å². The average Bonchev–Trinajstić information content (AvgIpc) is 2.86. The molecule has 3 atom stereocenters. The van der Waals surface area contributed by atoms with E-state index in [0.717, 1.165) is 31.1 Å². The van der Waals surface area contributed by atoms with Crippen LogP contribution in [0, 0.1) is 17.8 Å². The number of rotatable bonds is 5. The van der Waals surface area contributed by atoms with Gasteiger partial charge in [-0.25, -0.2) is 0 Å². The van der Waals surface area contributed by atoms with Gasteiger partial charge in [0.2, 0.25) is 5.91 Å². The first kappa shape index (κ1) is 11.9. The molecule has 0 heterocycles. The van der Waals surface area contributed by atoms with Crippen LogP contribution in [-0.4, -0.2) is 23.2 Å². The van der Waals surface area contributed by atoms with Crippen LogP contribution in [0.1, 0.15) is 46.0 Å². The number of hydrogen-bond acceptors (Lipinski definition) is 2. The maximum Gasteiger partial charge on any atom is 0.223 e. The van der Waals surface area contributed by atoms with Gasteiger partial charge in [-0.3, -0.25) is 4.79 Å². The number of hydrogen-bond donors (Lipinski definition) is 2. The summed E-state index contributed by atoms with van der Waals surface area (Å²) in [5, 5.41) is 12.1. The third-order valence-electron chi connectivity index (χ3n) is 4.48. The second-order valence-electron chi connectivity index (χ2n) is 5.80. The van der Waals surface area contributed by atoms with E-state index in [2.05, 4.69) is 12.2 Å². The number of carbonyl (C=O) groups excluding carboxylic acids is 1. The predicted molar refractivity (Wildman–Crippen MR) is 62.9 cm³/mol. The molecule has 2 saturated carbocycles. The zero-order chi connectivity index (χ0) is 11.8. The molecule has 0 saturated heterocycles. The molecule has 2 aliphatic carbocycles. The second-order valence-corrected chi connectivity index (χ2v) is 5.80. The van der Waals surface area contributed by atoms with Crippen LogP contribution in [0.5, 0.6) is 0 Å². The van der Waals surface area contributed by atoms with E-state index in [1.165, 1.54) is 6.42 Å². The van der Waals surface area contributed by atoms with Gasteiger partial charge in [0, 0.05) is 18.1 Å². The van der Waals surface area contributed by atoms with Crippen LogP contribution in [0.15, 0.2) is 0 Å². The van der Waals surface area contributed by atoms with Crippen molar-refractivity contribution in [1.29, 1.82) is 0 Å². The number of aliphatic hydroxyl groups is 1. The van der Waals surface area contributed by atoms with Crippen molar-refractivity contribution in [2.75, 3.05) is 6.61 Å². The van der Waals surface area contributed by atoms with Crippen LogP contribution in [0.25, 0.3) is 0 Å². The monoisotopic (exact) mass is 225 g/mol. The minimum absolute atomic E-state index is 0.139. The fourth-order valence-corrected chi connectivity index (χ4v) is 2.90. The molecule has 3 nitrogen and oxygen atoms in total. The Kier molecular flexibility index (Phi) is 3.24. The summed E-state index contributed by atoms with van der Waals surface area (Å²) < 4.78 is 0. The summed E-state index contributed by atoms with van der Waals surface area (Å²) in [7, 11) is 0. The van der Waals surface area contributed by atoms with Crippen molar-refractivity contribution in [3.8, 4) is 0 Å². The summed E-state index contributed by atoms with van der Waals surface area (Å²) in [4.78, 5) is 12.1. The maximum absolute atomic E-state index is 12.1. The number of aliphatic hydroxyl groups excluding tert-OH is 1. The lowest BCUT2D eigenvalue weighted by atomic mass is 9.93. The molecule has 0 aromatic rings. The van der Waals surface area contributed by atoms with Crippen LogP contribution in [0.3, 0.4) is 0 Å². The molecule has 2 aliphatic rings. The zero-order valence-electron chi connectivity index (χ0n) is 10.3. The molecule has 92 valence electrons. The van der Waals surface area contributed by atoms with Gasteiger partial charge in [-0.2, -0.15) is 0 Å². The molecule has 0 spiro atoms. The lowest BCUT2D eigenvalue weighted by Crippen LogP contribution is -2.48. The molecule has 3 unspecified atom stereocenters. The Morgan fingerprint density at radius 1 is 1.38 bits per heavy atom. The number of carbonyl (C=O) groups is 1. The highest BCUT2D eigenvalue weighted by Gasteiger charge is 2.48. The Morgan fingerprint density at radius 3 is 2.50 bits per heavy atom. The summed E-state index contributed by atoms with van der Waals surface area (Å²) in [5.74, 6) is 2.15. The topological polar surface area (TPSA) is 49.3 Å². The van der Waals surface area contributed by atoms with Crippen molar-refractivity contribution in [2.24, 2.45) is 17.8 Å². The maximum atomic E-state index is 12.1. The highest BCUT2D eigenvalue weighted by Crippen LogP contribution is 2.54. The van der Waals surface area contributed by atoms with E-state index in [1.54, 1.807) is 0 Å². The standard InChI is InChI=1S/C13H23NO2/c1-3-13(2,4-5-15)14-12(16)11-7-9-6-10(9)8-11/h9-11,15H,3-8H2,1-2H3,(H,14,16). The van der Waals surface area contributed by atoms with Crippen molar-refractivity contribution in [1.82, 2.24) is 5.32 Å². The minimum Gasteiger partial charge on any atom is -0.396 e. The summed E-state index contributed by atoms with van der Waals surface area (Å²) in [6.45, 7) is 4.22. The van der Waals surface area contributed by atoms with Crippen molar-refractivity contribution in [3.63, 3.8) is 0 Å². The van der Waals surface area contributed by atoms with Crippen LogP contribution in [0.4, 0.5) is 0 Å². The van der Waals surface area contributed by atoms with Crippen LogP contribution < -0.4 is 5.32 Å². The van der Waals surface area contributed by atoms with E-state index < -0.39 is 0 Å². The summed E-state index contributed by atoms with van der Waals surface area (Å²) in [6.07, 6.45) is 5.06. The quantitative estimate of drug-likeness (QED) is 0.748. The Bertz CT molecular complexity index is 269. The lowest BCUT2D eigenvalue weighted by molar-refractivity contribution is -0.127. The average molecular weight is 225 g/mol. The van der Waals surface area contributed by atoms with Gasteiger partial charge in [0.1, 0.15) is 0 Å². The minimum atomic E-state index is -0.224. The molecular weight excluding hydrogens is 202 g/mol. The highest BCUT2D eigenvalue weighted by molar-refractivity contribution is 5.80. The zero-order valence-corrected chi connectivity index (χ0v) is 10.3. The lowest BCUT2D eigenvalue weighted by Gasteiger charge is -2.30. The van der Waals surface area contributed by atoms with Crippen LogP contribution >= 0.6 is 0 Å². The molecule has 3 heteroatoms. The highest BCUT2D eigenvalue weighted by atomic mass is 16.3. The predicted octanol–water partition coefficient (Wildman–Crippen LogP) is 1.70. The van der Waals surface area contributed by atoms with Gasteiger partial charge >= 0.3 is 0 Å². The van der Waals surface area contributed by atoms with Crippen molar-refractivity contribution >= 4 is 5.91 Å². The SMILES string of the molecule is CCC(C)(CCO)NC(=O)C1CC2CC2C1. The van der Waals surface area contributed by atoms with E-state index in [9.17, 15) is 4.79 Å². The first-order valence-electron chi connectivity index (χ1n) is 6.51. The molecule has 0 radical (unpaired) electrons. The Labute approximate surface area is 97.6 Å². The smallest absolute Gasteiger partial charge is 0.223 e. The first-order valence-corrected chi connectivity index (χ1v) is 6.51. The molecule has 0 aromatic heterocycles. The Balaban J connectivity index is 1.85. The Morgan fingerprint density at radius 2 is 2.00 bits per heavy atom. The largest absolute Gasteiger partial charge is 0.396 e. The fourth-order valence-electron chi connectivity index (χ4n) is 2.90. The first-order chi connectivity index (χ1) is 7.58. The van der Waals surface area contributed by atoms with Gasteiger partial charge in [0.25, 0.3) is 0 Å². The van der Waals surface area contributed by atoms with Gasteiger partial charge < -0.3 is 10.4 Å². The third kappa shape index (κ3) is 2.40. The second kappa shape index (κ2) is 4.36. The molecule has 1 amide bonds. The summed E-state index contributed by atoms with van der Waals surface area (Å²) in [6, 6.07) is 0. The molecule has 16 heavy (non-hydrogen) atoms. The molecule has 2 rings (SSSR count). The van der Waals surface area contributed by atoms with Gasteiger partial charge in [-0.05, 0) is 50.9 Å². The van der Waals surface area contributed by atoms with Crippen molar-refractivity contribution < 1.29 is 9.90 Å². The molecule has 0 aromatic carbocycles. The number of nitrogens with one attached hydrogen (secondary N) is 1. The van der Waals surface area contributed by atoms with E-state index in [4.69, 9.17) is 5.11 Å².